The molecule has 4 rings (SSSR count). The Balaban J connectivity index is 1.52. The number of amidine groups is 1. The standard InChI is InChI=1S/C23H25N3O2S/c1-15-8-6-7-11-19(15)25-21(27)14-20-22(28)26(16(2)17-12-13-17)23(29-20)24-18-9-4-3-5-10-18/h3-11,16-17,20H,12-14H2,1-2H3,(H,25,27)/t16-,20+/m0/s1. The summed E-state index contributed by atoms with van der Waals surface area (Å²) in [6, 6.07) is 17.4. The fourth-order valence-corrected chi connectivity index (χ4v) is 4.78. The fourth-order valence-electron chi connectivity index (χ4n) is 3.55. The molecule has 1 N–H and O–H groups in total. The van der Waals surface area contributed by atoms with Gasteiger partial charge in [-0.1, -0.05) is 48.2 Å². The lowest BCUT2D eigenvalue weighted by molar-refractivity contribution is -0.129. The van der Waals surface area contributed by atoms with E-state index in [2.05, 4.69) is 12.2 Å². The van der Waals surface area contributed by atoms with Crippen LogP contribution in [0.25, 0.3) is 0 Å². The van der Waals surface area contributed by atoms with Crippen molar-refractivity contribution in [2.24, 2.45) is 10.9 Å². The molecule has 2 atom stereocenters. The van der Waals surface area contributed by atoms with Gasteiger partial charge < -0.3 is 5.32 Å². The Morgan fingerprint density at radius 2 is 1.86 bits per heavy atom. The van der Waals surface area contributed by atoms with Crippen molar-refractivity contribution in [1.82, 2.24) is 4.90 Å². The first-order valence-electron chi connectivity index (χ1n) is 10.0. The maximum absolute atomic E-state index is 13.2. The van der Waals surface area contributed by atoms with Crippen molar-refractivity contribution in [3.05, 3.63) is 60.2 Å². The molecular formula is C23H25N3O2S. The lowest BCUT2D eigenvalue weighted by atomic mass is 10.1. The molecule has 2 aliphatic rings. The van der Waals surface area contributed by atoms with E-state index < -0.39 is 5.25 Å². The molecule has 5 nitrogen and oxygen atoms in total. The van der Waals surface area contributed by atoms with Gasteiger partial charge in [-0.3, -0.25) is 14.5 Å². The third-order valence-electron chi connectivity index (χ3n) is 5.45. The van der Waals surface area contributed by atoms with E-state index in [0.717, 1.165) is 29.8 Å². The molecule has 1 aliphatic heterocycles. The number of hydrogen-bond donors (Lipinski definition) is 1. The lowest BCUT2D eigenvalue weighted by Gasteiger charge is -2.24. The molecule has 0 radical (unpaired) electrons. The van der Waals surface area contributed by atoms with Crippen molar-refractivity contribution in [2.75, 3.05) is 5.32 Å². The molecule has 2 fully saturated rings. The number of hydrogen-bond acceptors (Lipinski definition) is 4. The average Bonchev–Trinajstić information content (AvgIpc) is 3.51. The highest BCUT2D eigenvalue weighted by molar-refractivity contribution is 8.15. The van der Waals surface area contributed by atoms with E-state index in [4.69, 9.17) is 4.99 Å². The van der Waals surface area contributed by atoms with Crippen molar-refractivity contribution >= 4 is 40.1 Å². The van der Waals surface area contributed by atoms with Gasteiger partial charge in [0.25, 0.3) is 0 Å². The first-order chi connectivity index (χ1) is 14.0. The summed E-state index contributed by atoms with van der Waals surface area (Å²) in [7, 11) is 0. The Labute approximate surface area is 175 Å². The summed E-state index contributed by atoms with van der Waals surface area (Å²) in [5, 5.41) is 3.20. The largest absolute Gasteiger partial charge is 0.326 e. The number of amides is 2. The van der Waals surface area contributed by atoms with Crippen LogP contribution in [0.1, 0.15) is 31.7 Å². The number of nitrogens with one attached hydrogen (secondary N) is 1. The van der Waals surface area contributed by atoms with Crippen LogP contribution in [0, 0.1) is 12.8 Å². The Kier molecular flexibility index (Phi) is 5.72. The topological polar surface area (TPSA) is 61.8 Å². The molecule has 2 aromatic carbocycles. The van der Waals surface area contributed by atoms with Gasteiger partial charge in [-0.25, -0.2) is 4.99 Å². The zero-order valence-corrected chi connectivity index (χ0v) is 17.5. The summed E-state index contributed by atoms with van der Waals surface area (Å²) in [4.78, 5) is 32.3. The quantitative estimate of drug-likeness (QED) is 0.751. The number of carbonyl (C=O) groups excluding carboxylic acids is 2. The number of rotatable bonds is 6. The van der Waals surface area contributed by atoms with E-state index in [1.165, 1.54) is 11.8 Å². The minimum Gasteiger partial charge on any atom is -0.326 e. The Morgan fingerprint density at radius 1 is 1.17 bits per heavy atom. The summed E-state index contributed by atoms with van der Waals surface area (Å²) in [6.45, 7) is 4.04. The maximum Gasteiger partial charge on any atom is 0.242 e. The van der Waals surface area contributed by atoms with Crippen molar-refractivity contribution < 1.29 is 9.59 Å². The first-order valence-corrected chi connectivity index (χ1v) is 10.9. The van der Waals surface area contributed by atoms with Gasteiger partial charge in [0.15, 0.2) is 5.17 Å². The van der Waals surface area contributed by atoms with E-state index in [1.54, 1.807) is 0 Å². The molecule has 0 bridgehead atoms. The smallest absolute Gasteiger partial charge is 0.242 e. The molecule has 6 heteroatoms. The second-order valence-corrected chi connectivity index (χ2v) is 8.86. The van der Waals surface area contributed by atoms with E-state index in [9.17, 15) is 9.59 Å². The third-order valence-corrected chi connectivity index (χ3v) is 6.60. The number of aryl methyl sites for hydroxylation is 1. The highest BCUT2D eigenvalue weighted by Crippen LogP contribution is 2.41. The lowest BCUT2D eigenvalue weighted by Crippen LogP contribution is -2.41. The van der Waals surface area contributed by atoms with Gasteiger partial charge in [0.05, 0.1) is 5.69 Å². The molecule has 0 unspecified atom stereocenters. The molecule has 0 aromatic heterocycles. The molecule has 1 saturated carbocycles. The number of anilines is 1. The number of thioether (sulfide) groups is 1. The zero-order chi connectivity index (χ0) is 20.4. The summed E-state index contributed by atoms with van der Waals surface area (Å²) >= 11 is 1.40. The Bertz CT molecular complexity index is 940. The van der Waals surface area contributed by atoms with E-state index in [0.29, 0.717) is 11.1 Å². The predicted molar refractivity (Wildman–Crippen MR) is 118 cm³/mol. The van der Waals surface area contributed by atoms with Crippen LogP contribution < -0.4 is 5.32 Å². The van der Waals surface area contributed by atoms with Gasteiger partial charge in [0, 0.05) is 18.2 Å². The van der Waals surface area contributed by atoms with Gasteiger partial charge in [-0.2, -0.15) is 0 Å². The summed E-state index contributed by atoms with van der Waals surface area (Å²) < 4.78 is 0. The van der Waals surface area contributed by atoms with Gasteiger partial charge in [-0.05, 0) is 56.4 Å². The van der Waals surface area contributed by atoms with Crippen molar-refractivity contribution in [3.63, 3.8) is 0 Å². The average molecular weight is 408 g/mol. The SMILES string of the molecule is Cc1ccccc1NC(=O)C[C@H]1SC(=Nc2ccccc2)N([C@@H](C)C2CC2)C1=O. The van der Waals surface area contributed by atoms with Crippen LogP contribution in [0.15, 0.2) is 59.6 Å². The monoisotopic (exact) mass is 407 g/mol. The summed E-state index contributed by atoms with van der Waals surface area (Å²) in [5.74, 6) is 0.370. The fraction of sp³-hybridized carbons (Fsp3) is 0.348. The summed E-state index contributed by atoms with van der Waals surface area (Å²) in [6.07, 6.45) is 2.43. The van der Waals surface area contributed by atoms with Crippen LogP contribution in [0.2, 0.25) is 0 Å². The molecule has 1 saturated heterocycles. The third kappa shape index (κ3) is 4.53. The van der Waals surface area contributed by atoms with Crippen molar-refractivity contribution in [3.8, 4) is 0 Å². The minimum atomic E-state index is -0.442. The molecule has 150 valence electrons. The number of para-hydroxylation sites is 2. The first kappa shape index (κ1) is 19.7. The van der Waals surface area contributed by atoms with Crippen molar-refractivity contribution in [1.29, 1.82) is 0 Å². The van der Waals surface area contributed by atoms with Gasteiger partial charge in [0.1, 0.15) is 5.25 Å². The number of aliphatic imine (C=N–C) groups is 1. The molecule has 0 spiro atoms. The predicted octanol–water partition coefficient (Wildman–Crippen LogP) is 4.75. The molecular weight excluding hydrogens is 382 g/mol. The second-order valence-electron chi connectivity index (χ2n) is 7.69. The van der Waals surface area contributed by atoms with Gasteiger partial charge in [-0.15, -0.1) is 0 Å². The number of carbonyl (C=O) groups is 2. The second kappa shape index (κ2) is 8.41. The zero-order valence-electron chi connectivity index (χ0n) is 16.7. The van der Waals surface area contributed by atoms with Crippen LogP contribution in [0.3, 0.4) is 0 Å². The van der Waals surface area contributed by atoms with Gasteiger partial charge in [0.2, 0.25) is 11.8 Å². The Morgan fingerprint density at radius 3 is 2.55 bits per heavy atom. The van der Waals surface area contributed by atoms with E-state index in [-0.39, 0.29) is 24.3 Å². The molecule has 1 heterocycles. The molecule has 1 aliphatic carbocycles. The maximum atomic E-state index is 13.2. The minimum absolute atomic E-state index is 0.0102. The van der Waals surface area contributed by atoms with Crippen LogP contribution in [-0.4, -0.2) is 33.2 Å². The number of nitrogens with zero attached hydrogens (tertiary/aromatic N) is 2. The molecule has 2 aromatic rings. The molecule has 29 heavy (non-hydrogen) atoms. The van der Waals surface area contributed by atoms with Crippen LogP contribution >= 0.6 is 11.8 Å². The Hall–Kier alpha value is -2.60. The number of benzene rings is 2. The van der Waals surface area contributed by atoms with Gasteiger partial charge >= 0.3 is 0 Å². The highest BCUT2D eigenvalue weighted by atomic mass is 32.2. The molecule has 2 amide bonds. The summed E-state index contributed by atoms with van der Waals surface area (Å²) in [5.41, 5.74) is 2.61. The van der Waals surface area contributed by atoms with E-state index >= 15 is 0 Å². The van der Waals surface area contributed by atoms with E-state index in [1.807, 2.05) is 66.4 Å². The normalized spacial score (nSPS) is 21.4. The van der Waals surface area contributed by atoms with Crippen LogP contribution in [0.4, 0.5) is 11.4 Å². The van der Waals surface area contributed by atoms with Crippen molar-refractivity contribution in [2.45, 2.75) is 44.4 Å². The van der Waals surface area contributed by atoms with Crippen LogP contribution in [-0.2, 0) is 9.59 Å². The highest BCUT2D eigenvalue weighted by Gasteiger charge is 2.45. The van der Waals surface area contributed by atoms with Crippen LogP contribution in [0.5, 0.6) is 0 Å².